The Morgan fingerprint density at radius 3 is 2.33 bits per heavy atom. The first-order valence-electron chi connectivity index (χ1n) is 4.34. The Morgan fingerprint density at radius 2 is 1.92 bits per heavy atom. The van der Waals surface area contributed by atoms with Crippen LogP contribution in [0.4, 0.5) is 0 Å². The Bertz CT molecular complexity index is 159. The molecule has 0 saturated heterocycles. The number of carboxylic acids is 1. The summed E-state index contributed by atoms with van der Waals surface area (Å²) in [6.07, 6.45) is 3.04. The second-order valence-electron chi connectivity index (χ2n) is 3.84. The fourth-order valence-electron chi connectivity index (χ4n) is 2.03. The van der Waals surface area contributed by atoms with E-state index in [9.17, 15) is 4.79 Å². The third-order valence-electron chi connectivity index (χ3n) is 2.75. The van der Waals surface area contributed by atoms with Gasteiger partial charge < -0.3 is 5.11 Å². The van der Waals surface area contributed by atoms with Crippen molar-refractivity contribution >= 4 is 31.8 Å². The normalized spacial score (nSPS) is 35.3. The zero-order valence-corrected chi connectivity index (χ0v) is 11.1. The Kier molecular flexibility index (Phi) is 5.30. The van der Waals surface area contributed by atoms with E-state index in [4.69, 9.17) is 5.11 Å². The van der Waals surface area contributed by atoms with E-state index in [1.165, 1.54) is 0 Å². The van der Waals surface area contributed by atoms with Gasteiger partial charge in [-0.3, -0.25) is 4.79 Å². The minimum atomic E-state index is -0.607. The summed E-state index contributed by atoms with van der Waals surface area (Å²) in [7, 11) is 0. The third-order valence-corrected chi connectivity index (χ3v) is 2.75. The van der Waals surface area contributed by atoms with Crippen LogP contribution in [0.3, 0.4) is 0 Å². The molecule has 1 saturated carbocycles. The first-order valence-corrected chi connectivity index (χ1v) is 4.34. The molecule has 3 unspecified atom stereocenters. The quantitative estimate of drug-likeness (QED) is 0.789. The number of hydrogen-bond donors (Lipinski definition) is 1. The fraction of sp³-hybridized carbons (Fsp3) is 0.889. The van der Waals surface area contributed by atoms with Gasteiger partial charge in [0.05, 0.1) is 5.92 Å². The van der Waals surface area contributed by atoms with Crippen molar-refractivity contribution in [3.05, 3.63) is 0 Å². The zero-order chi connectivity index (χ0) is 8.43. The molecule has 1 aliphatic rings. The van der Waals surface area contributed by atoms with Crippen LogP contribution in [0.2, 0.25) is 0 Å². The van der Waals surface area contributed by atoms with Crippen molar-refractivity contribution in [2.24, 2.45) is 17.8 Å². The van der Waals surface area contributed by atoms with Crippen LogP contribution in [0.25, 0.3) is 0 Å². The van der Waals surface area contributed by atoms with E-state index in [0.29, 0.717) is 5.92 Å². The molecule has 0 spiro atoms. The van der Waals surface area contributed by atoms with Gasteiger partial charge in [-0.25, -0.2) is 0 Å². The van der Waals surface area contributed by atoms with Gasteiger partial charge in [0, 0.05) is 25.8 Å². The molecule has 1 fully saturated rings. The molecule has 1 rings (SSSR count). The molecule has 3 heteroatoms. The molecule has 12 heavy (non-hydrogen) atoms. The van der Waals surface area contributed by atoms with Gasteiger partial charge in [0.15, 0.2) is 0 Å². The van der Waals surface area contributed by atoms with Crippen LogP contribution in [0.1, 0.15) is 33.1 Å². The third kappa shape index (κ3) is 3.00. The monoisotopic (exact) mass is 271 g/mol. The molecule has 3 radical (unpaired) electrons. The SMILES string of the molecule is CC1CCC(C(=O)O)C(C)C1.[In]. The predicted octanol–water partition coefficient (Wildman–Crippen LogP) is 1.76. The van der Waals surface area contributed by atoms with E-state index in [2.05, 4.69) is 13.8 Å². The van der Waals surface area contributed by atoms with Crippen molar-refractivity contribution in [3.8, 4) is 0 Å². The van der Waals surface area contributed by atoms with E-state index < -0.39 is 5.97 Å². The van der Waals surface area contributed by atoms with Crippen LogP contribution in [0.5, 0.6) is 0 Å². The molecular formula is C9H16InO2. The summed E-state index contributed by atoms with van der Waals surface area (Å²) in [6.45, 7) is 4.25. The van der Waals surface area contributed by atoms with Crippen molar-refractivity contribution in [2.75, 3.05) is 0 Å². The number of carbonyl (C=O) groups is 1. The van der Waals surface area contributed by atoms with Crippen molar-refractivity contribution < 1.29 is 9.90 Å². The predicted molar refractivity (Wildman–Crippen MR) is 49.1 cm³/mol. The molecule has 67 valence electrons. The van der Waals surface area contributed by atoms with E-state index in [-0.39, 0.29) is 31.8 Å². The average molecular weight is 271 g/mol. The summed E-state index contributed by atoms with van der Waals surface area (Å²) in [6, 6.07) is 0. The molecule has 2 nitrogen and oxygen atoms in total. The Hall–Kier alpha value is 0.340. The van der Waals surface area contributed by atoms with Gasteiger partial charge in [-0.15, -0.1) is 0 Å². The molecule has 0 aliphatic heterocycles. The Balaban J connectivity index is 0.00000121. The number of rotatable bonds is 1. The number of aliphatic carboxylic acids is 1. The number of carboxylic acid groups (broad SMARTS) is 1. The molecule has 1 N–H and O–H groups in total. The molecule has 0 bridgehead atoms. The van der Waals surface area contributed by atoms with Crippen molar-refractivity contribution in [1.29, 1.82) is 0 Å². The van der Waals surface area contributed by atoms with Crippen molar-refractivity contribution in [1.82, 2.24) is 0 Å². The van der Waals surface area contributed by atoms with Crippen molar-refractivity contribution in [2.45, 2.75) is 33.1 Å². The summed E-state index contributed by atoms with van der Waals surface area (Å²) in [5.74, 6) is 0.410. The summed E-state index contributed by atoms with van der Waals surface area (Å²) in [5, 5.41) is 8.79. The largest absolute Gasteiger partial charge is 0.481 e. The number of hydrogen-bond acceptors (Lipinski definition) is 1. The first-order chi connectivity index (χ1) is 5.11. The standard InChI is InChI=1S/C9H16O2.In/c1-6-3-4-8(9(10)11)7(2)5-6;/h6-8H,3-5H2,1-2H3,(H,10,11);. The van der Waals surface area contributed by atoms with Crippen LogP contribution in [0, 0.1) is 17.8 Å². The fourth-order valence-corrected chi connectivity index (χ4v) is 2.03. The first kappa shape index (κ1) is 12.3. The van der Waals surface area contributed by atoms with E-state index in [1.807, 2.05) is 0 Å². The smallest absolute Gasteiger partial charge is 0.306 e. The summed E-state index contributed by atoms with van der Waals surface area (Å²) in [4.78, 5) is 10.7. The summed E-state index contributed by atoms with van der Waals surface area (Å²) in [5.41, 5.74) is 0. The summed E-state index contributed by atoms with van der Waals surface area (Å²) >= 11 is 0. The average Bonchev–Trinajstić information content (AvgIpc) is 1.85. The van der Waals surface area contributed by atoms with Gasteiger partial charge in [-0.05, 0) is 31.1 Å². The zero-order valence-electron chi connectivity index (χ0n) is 7.79. The van der Waals surface area contributed by atoms with Gasteiger partial charge in [0.1, 0.15) is 0 Å². The van der Waals surface area contributed by atoms with Crippen LogP contribution >= 0.6 is 0 Å². The van der Waals surface area contributed by atoms with Gasteiger partial charge in [0.25, 0.3) is 0 Å². The molecular weight excluding hydrogens is 255 g/mol. The Morgan fingerprint density at radius 1 is 1.33 bits per heavy atom. The van der Waals surface area contributed by atoms with Gasteiger partial charge in [-0.2, -0.15) is 0 Å². The van der Waals surface area contributed by atoms with Crippen LogP contribution in [-0.4, -0.2) is 36.9 Å². The maximum absolute atomic E-state index is 10.7. The second kappa shape index (κ2) is 5.15. The van der Waals surface area contributed by atoms with Crippen LogP contribution in [0.15, 0.2) is 0 Å². The molecule has 1 aliphatic carbocycles. The maximum atomic E-state index is 10.7. The maximum Gasteiger partial charge on any atom is 0.306 e. The van der Waals surface area contributed by atoms with Gasteiger partial charge in [-0.1, -0.05) is 13.8 Å². The molecule has 3 atom stereocenters. The molecule has 0 amide bonds. The van der Waals surface area contributed by atoms with E-state index in [0.717, 1.165) is 25.2 Å². The van der Waals surface area contributed by atoms with E-state index >= 15 is 0 Å². The summed E-state index contributed by atoms with van der Waals surface area (Å²) < 4.78 is 0. The molecule has 0 aromatic carbocycles. The molecule has 0 aromatic rings. The minimum Gasteiger partial charge on any atom is -0.481 e. The Labute approximate surface area is 92.5 Å². The van der Waals surface area contributed by atoms with Crippen LogP contribution < -0.4 is 0 Å². The van der Waals surface area contributed by atoms with Gasteiger partial charge in [0.2, 0.25) is 0 Å². The molecule has 0 aromatic heterocycles. The van der Waals surface area contributed by atoms with E-state index in [1.54, 1.807) is 0 Å². The minimum absolute atomic E-state index is 0. The van der Waals surface area contributed by atoms with Crippen molar-refractivity contribution in [3.63, 3.8) is 0 Å². The molecule has 0 heterocycles. The topological polar surface area (TPSA) is 37.3 Å². The van der Waals surface area contributed by atoms with Gasteiger partial charge >= 0.3 is 5.97 Å². The second-order valence-corrected chi connectivity index (χ2v) is 3.84. The van der Waals surface area contributed by atoms with Crippen LogP contribution in [-0.2, 0) is 4.79 Å².